The molecule has 1 N–H and O–H groups in total. The third kappa shape index (κ3) is 1.46. The Kier molecular flexibility index (Phi) is 2.30. The number of aliphatic hydroxyl groups is 1. The summed E-state index contributed by atoms with van der Waals surface area (Å²) in [5, 5.41) is 8.55. The van der Waals surface area contributed by atoms with Crippen molar-refractivity contribution in [3.8, 4) is 0 Å². The second kappa shape index (κ2) is 3.05. The molecular formula is C6H11O2. The quantitative estimate of drug-likeness (QED) is 0.545. The van der Waals surface area contributed by atoms with E-state index in [1.165, 1.54) is 0 Å². The van der Waals surface area contributed by atoms with Crippen LogP contribution in [0.3, 0.4) is 0 Å². The molecule has 0 aromatic rings. The fraction of sp³-hybridized carbons (Fsp3) is 0.833. The Labute approximate surface area is 49.5 Å². The summed E-state index contributed by atoms with van der Waals surface area (Å²) in [6.07, 6.45) is 3.29. The number of ether oxygens (including phenoxy) is 1. The number of hydrogen-bond donors (Lipinski definition) is 1. The lowest BCUT2D eigenvalue weighted by Crippen LogP contribution is -2.19. The second-order valence-corrected chi connectivity index (χ2v) is 2.04. The zero-order chi connectivity index (χ0) is 5.82. The SMILES string of the molecule is OCC1CCC[CH]O1. The lowest BCUT2D eigenvalue weighted by Gasteiger charge is -2.19. The Bertz CT molecular complexity index is 57.5. The lowest BCUT2D eigenvalue weighted by molar-refractivity contribution is 0.0208. The first-order chi connectivity index (χ1) is 3.93. The van der Waals surface area contributed by atoms with Gasteiger partial charge in [0.25, 0.3) is 0 Å². The average molecular weight is 115 g/mol. The second-order valence-electron chi connectivity index (χ2n) is 2.04. The van der Waals surface area contributed by atoms with Crippen molar-refractivity contribution in [1.29, 1.82) is 0 Å². The third-order valence-corrected chi connectivity index (χ3v) is 1.34. The number of aliphatic hydroxyl groups excluding tert-OH is 1. The van der Waals surface area contributed by atoms with Crippen LogP contribution in [-0.4, -0.2) is 17.8 Å². The highest BCUT2D eigenvalue weighted by molar-refractivity contribution is 4.67. The summed E-state index contributed by atoms with van der Waals surface area (Å²) in [4.78, 5) is 0. The first-order valence-electron chi connectivity index (χ1n) is 3.01. The van der Waals surface area contributed by atoms with E-state index in [4.69, 9.17) is 9.84 Å². The van der Waals surface area contributed by atoms with Gasteiger partial charge in [0.15, 0.2) is 0 Å². The Hall–Kier alpha value is -0.0800. The zero-order valence-corrected chi connectivity index (χ0v) is 4.84. The maximum atomic E-state index is 8.55. The van der Waals surface area contributed by atoms with E-state index in [1.54, 1.807) is 6.61 Å². The number of rotatable bonds is 1. The molecule has 0 spiro atoms. The molecule has 0 amide bonds. The van der Waals surface area contributed by atoms with Crippen molar-refractivity contribution in [3.05, 3.63) is 6.61 Å². The van der Waals surface area contributed by atoms with Crippen LogP contribution in [0.25, 0.3) is 0 Å². The van der Waals surface area contributed by atoms with Crippen LogP contribution >= 0.6 is 0 Å². The molecule has 8 heavy (non-hydrogen) atoms. The van der Waals surface area contributed by atoms with E-state index < -0.39 is 0 Å². The monoisotopic (exact) mass is 115 g/mol. The largest absolute Gasteiger partial charge is 0.394 e. The van der Waals surface area contributed by atoms with E-state index in [2.05, 4.69) is 0 Å². The van der Waals surface area contributed by atoms with Crippen molar-refractivity contribution in [3.63, 3.8) is 0 Å². The van der Waals surface area contributed by atoms with E-state index in [0.717, 1.165) is 19.3 Å². The molecule has 1 saturated heterocycles. The molecule has 0 saturated carbocycles. The van der Waals surface area contributed by atoms with Gasteiger partial charge in [0.05, 0.1) is 19.3 Å². The summed E-state index contributed by atoms with van der Waals surface area (Å²) >= 11 is 0. The van der Waals surface area contributed by atoms with Crippen molar-refractivity contribution in [2.75, 3.05) is 6.61 Å². The molecule has 1 aliphatic heterocycles. The summed E-state index contributed by atoms with van der Waals surface area (Å²) in [6.45, 7) is 1.95. The summed E-state index contributed by atoms with van der Waals surface area (Å²) in [5.74, 6) is 0. The summed E-state index contributed by atoms with van der Waals surface area (Å²) in [7, 11) is 0. The Morgan fingerprint density at radius 2 is 2.62 bits per heavy atom. The van der Waals surface area contributed by atoms with Gasteiger partial charge in [-0.2, -0.15) is 0 Å². The highest BCUT2D eigenvalue weighted by Gasteiger charge is 2.11. The highest BCUT2D eigenvalue weighted by Crippen LogP contribution is 2.14. The van der Waals surface area contributed by atoms with Crippen molar-refractivity contribution in [2.24, 2.45) is 0 Å². The predicted octanol–water partition coefficient (Wildman–Crippen LogP) is 0.710. The van der Waals surface area contributed by atoms with Gasteiger partial charge < -0.3 is 9.84 Å². The van der Waals surface area contributed by atoms with Gasteiger partial charge in [-0.1, -0.05) is 0 Å². The van der Waals surface area contributed by atoms with E-state index in [0.29, 0.717) is 0 Å². The van der Waals surface area contributed by atoms with Crippen molar-refractivity contribution < 1.29 is 9.84 Å². The molecule has 0 bridgehead atoms. The van der Waals surface area contributed by atoms with Gasteiger partial charge >= 0.3 is 0 Å². The van der Waals surface area contributed by atoms with E-state index in [1.807, 2.05) is 0 Å². The van der Waals surface area contributed by atoms with Gasteiger partial charge in [0.2, 0.25) is 0 Å². The van der Waals surface area contributed by atoms with E-state index >= 15 is 0 Å². The first kappa shape index (κ1) is 6.05. The zero-order valence-electron chi connectivity index (χ0n) is 4.84. The molecule has 47 valence electrons. The van der Waals surface area contributed by atoms with Crippen LogP contribution in [0.1, 0.15) is 19.3 Å². The highest BCUT2D eigenvalue weighted by atomic mass is 16.5. The summed E-state index contributed by atoms with van der Waals surface area (Å²) < 4.78 is 5.05. The molecule has 1 rings (SSSR count). The van der Waals surface area contributed by atoms with Crippen LogP contribution in [-0.2, 0) is 4.74 Å². The van der Waals surface area contributed by atoms with Crippen LogP contribution in [0.5, 0.6) is 0 Å². The minimum Gasteiger partial charge on any atom is -0.394 e. The molecule has 1 heterocycles. The molecule has 1 atom stereocenters. The van der Waals surface area contributed by atoms with E-state index in [-0.39, 0.29) is 12.7 Å². The average Bonchev–Trinajstić information content (AvgIpc) is 1.90. The summed E-state index contributed by atoms with van der Waals surface area (Å²) in [5.41, 5.74) is 0. The van der Waals surface area contributed by atoms with Gasteiger partial charge in [-0.15, -0.1) is 0 Å². The van der Waals surface area contributed by atoms with Crippen LogP contribution < -0.4 is 0 Å². The standard InChI is InChI=1S/C6H11O2/c7-5-6-3-1-2-4-8-6/h4,6-7H,1-3,5H2. The van der Waals surface area contributed by atoms with Crippen LogP contribution in [0.2, 0.25) is 0 Å². The predicted molar refractivity (Wildman–Crippen MR) is 30.1 cm³/mol. The fourth-order valence-electron chi connectivity index (χ4n) is 0.835. The van der Waals surface area contributed by atoms with Crippen LogP contribution in [0.15, 0.2) is 0 Å². The van der Waals surface area contributed by atoms with Crippen molar-refractivity contribution in [2.45, 2.75) is 25.4 Å². The molecular weight excluding hydrogens is 104 g/mol. The molecule has 0 aliphatic carbocycles. The molecule has 2 nitrogen and oxygen atoms in total. The first-order valence-corrected chi connectivity index (χ1v) is 3.01. The normalized spacial score (nSPS) is 30.4. The molecule has 1 fully saturated rings. The van der Waals surface area contributed by atoms with Crippen LogP contribution in [0.4, 0.5) is 0 Å². The summed E-state index contributed by atoms with van der Waals surface area (Å²) in [6, 6.07) is 0. The van der Waals surface area contributed by atoms with Gasteiger partial charge in [0.1, 0.15) is 0 Å². The lowest BCUT2D eigenvalue weighted by atomic mass is 10.1. The van der Waals surface area contributed by atoms with Crippen molar-refractivity contribution in [1.82, 2.24) is 0 Å². The number of hydrogen-bond acceptors (Lipinski definition) is 2. The molecule has 2 heteroatoms. The van der Waals surface area contributed by atoms with Crippen molar-refractivity contribution >= 4 is 0 Å². The molecule has 0 aromatic heterocycles. The molecule has 1 radical (unpaired) electrons. The van der Waals surface area contributed by atoms with Gasteiger partial charge in [-0.05, 0) is 19.3 Å². The fourth-order valence-corrected chi connectivity index (χ4v) is 0.835. The maximum absolute atomic E-state index is 8.55. The third-order valence-electron chi connectivity index (χ3n) is 1.34. The maximum Gasteiger partial charge on any atom is 0.0841 e. The minimum atomic E-state index is 0.0868. The molecule has 1 unspecified atom stereocenters. The molecule has 0 aromatic carbocycles. The topological polar surface area (TPSA) is 29.5 Å². The Morgan fingerprint density at radius 3 is 3.00 bits per heavy atom. The Morgan fingerprint density at radius 1 is 1.75 bits per heavy atom. The van der Waals surface area contributed by atoms with Gasteiger partial charge in [0, 0.05) is 0 Å². The minimum absolute atomic E-state index is 0.0868. The van der Waals surface area contributed by atoms with Gasteiger partial charge in [-0.25, -0.2) is 0 Å². The van der Waals surface area contributed by atoms with Gasteiger partial charge in [-0.3, -0.25) is 0 Å². The Balaban J connectivity index is 2.13. The smallest absolute Gasteiger partial charge is 0.0841 e. The molecule has 1 aliphatic rings. The van der Waals surface area contributed by atoms with Crippen LogP contribution in [0, 0.1) is 6.61 Å². The van der Waals surface area contributed by atoms with E-state index in [9.17, 15) is 0 Å².